The maximum absolute atomic E-state index is 6.42. The number of nitrogens with one attached hydrogen (secondary N) is 1. The Kier molecular flexibility index (Phi) is 5.52. The van der Waals surface area contributed by atoms with Gasteiger partial charge in [-0.25, -0.2) is 0 Å². The lowest BCUT2D eigenvalue weighted by Crippen LogP contribution is -2.30. The van der Waals surface area contributed by atoms with Gasteiger partial charge in [0.1, 0.15) is 0 Å². The highest BCUT2D eigenvalue weighted by Gasteiger charge is 2.27. The van der Waals surface area contributed by atoms with Crippen molar-refractivity contribution < 1.29 is 14.2 Å². The molecule has 1 aliphatic rings. The maximum atomic E-state index is 6.42. The Morgan fingerprint density at radius 1 is 1.20 bits per heavy atom. The Hall–Kier alpha value is -0.970. The number of ether oxygens (including phenoxy) is 3. The zero-order chi connectivity index (χ0) is 14.5. The van der Waals surface area contributed by atoms with E-state index < -0.39 is 0 Å². The van der Waals surface area contributed by atoms with Crippen LogP contribution in [0.3, 0.4) is 0 Å². The standard InChI is InChI=1S/C15H22ClNO3/c1-17-15(10-4-6-20-7-5-10)11-8-13(18-2)14(19-3)9-12(11)16/h8-10,15,17H,4-7H2,1-3H3. The number of benzene rings is 1. The minimum absolute atomic E-state index is 0.200. The van der Waals surface area contributed by atoms with Gasteiger partial charge in [-0.1, -0.05) is 11.6 Å². The molecule has 0 aromatic heterocycles. The van der Waals surface area contributed by atoms with E-state index in [1.807, 2.05) is 19.2 Å². The van der Waals surface area contributed by atoms with E-state index in [2.05, 4.69) is 5.32 Å². The van der Waals surface area contributed by atoms with Gasteiger partial charge < -0.3 is 19.5 Å². The summed E-state index contributed by atoms with van der Waals surface area (Å²) >= 11 is 6.42. The minimum atomic E-state index is 0.200. The summed E-state index contributed by atoms with van der Waals surface area (Å²) in [6.07, 6.45) is 2.08. The van der Waals surface area contributed by atoms with E-state index in [1.165, 1.54) is 0 Å². The van der Waals surface area contributed by atoms with E-state index in [9.17, 15) is 0 Å². The van der Waals surface area contributed by atoms with Gasteiger partial charge in [0.25, 0.3) is 0 Å². The van der Waals surface area contributed by atoms with Crippen LogP contribution in [0.2, 0.25) is 5.02 Å². The molecule has 20 heavy (non-hydrogen) atoms. The van der Waals surface area contributed by atoms with Gasteiger partial charge >= 0.3 is 0 Å². The van der Waals surface area contributed by atoms with Crippen molar-refractivity contribution in [3.05, 3.63) is 22.7 Å². The van der Waals surface area contributed by atoms with Gasteiger partial charge in [0, 0.05) is 30.3 Å². The molecule has 1 aromatic carbocycles. The minimum Gasteiger partial charge on any atom is -0.493 e. The number of hydrogen-bond donors (Lipinski definition) is 1. The van der Waals surface area contributed by atoms with E-state index in [0.717, 1.165) is 31.6 Å². The highest BCUT2D eigenvalue weighted by Crippen LogP contribution is 2.39. The normalized spacial score (nSPS) is 17.8. The molecule has 4 nitrogen and oxygen atoms in total. The van der Waals surface area contributed by atoms with Gasteiger partial charge in [-0.05, 0) is 37.4 Å². The fourth-order valence-corrected chi connectivity index (χ4v) is 3.07. The van der Waals surface area contributed by atoms with Gasteiger partial charge in [0.2, 0.25) is 0 Å². The van der Waals surface area contributed by atoms with Gasteiger partial charge in [0.05, 0.1) is 14.2 Å². The third-order valence-corrected chi connectivity index (χ3v) is 4.21. The lowest BCUT2D eigenvalue weighted by atomic mass is 9.87. The molecule has 5 heteroatoms. The van der Waals surface area contributed by atoms with Crippen molar-refractivity contribution in [1.82, 2.24) is 5.32 Å². The zero-order valence-electron chi connectivity index (χ0n) is 12.2. The van der Waals surface area contributed by atoms with Crippen LogP contribution in [0.25, 0.3) is 0 Å². The molecule has 1 aromatic rings. The molecule has 1 unspecified atom stereocenters. The largest absolute Gasteiger partial charge is 0.493 e. The van der Waals surface area contributed by atoms with Crippen LogP contribution < -0.4 is 14.8 Å². The Morgan fingerprint density at radius 3 is 2.35 bits per heavy atom. The first kappa shape index (κ1) is 15.4. The topological polar surface area (TPSA) is 39.7 Å². The molecule has 0 saturated carbocycles. The average Bonchev–Trinajstić information content (AvgIpc) is 2.50. The predicted molar refractivity (Wildman–Crippen MR) is 79.9 cm³/mol. The SMILES string of the molecule is CNC(c1cc(OC)c(OC)cc1Cl)C1CCOCC1. The van der Waals surface area contributed by atoms with Crippen molar-refractivity contribution in [3.8, 4) is 11.5 Å². The molecular weight excluding hydrogens is 278 g/mol. The Morgan fingerprint density at radius 2 is 1.80 bits per heavy atom. The number of hydrogen-bond acceptors (Lipinski definition) is 4. The Labute approximate surface area is 125 Å². The third-order valence-electron chi connectivity index (χ3n) is 3.89. The smallest absolute Gasteiger partial charge is 0.162 e. The fourth-order valence-electron chi connectivity index (χ4n) is 2.80. The molecule has 0 spiro atoms. The van der Waals surface area contributed by atoms with Gasteiger partial charge in [0.15, 0.2) is 11.5 Å². The van der Waals surface area contributed by atoms with E-state index in [1.54, 1.807) is 14.2 Å². The quantitative estimate of drug-likeness (QED) is 0.907. The Balaban J connectivity index is 2.33. The zero-order valence-corrected chi connectivity index (χ0v) is 13.0. The number of methoxy groups -OCH3 is 2. The molecule has 0 aliphatic carbocycles. The molecular formula is C15H22ClNO3. The van der Waals surface area contributed by atoms with Crippen molar-refractivity contribution >= 4 is 11.6 Å². The molecule has 2 rings (SSSR count). The summed E-state index contributed by atoms with van der Waals surface area (Å²) in [4.78, 5) is 0. The predicted octanol–water partition coefficient (Wildman–Crippen LogP) is 3.04. The first-order valence-electron chi connectivity index (χ1n) is 6.87. The molecule has 1 atom stereocenters. The van der Waals surface area contributed by atoms with Gasteiger partial charge in [-0.3, -0.25) is 0 Å². The summed E-state index contributed by atoms with van der Waals surface area (Å²) in [5.74, 6) is 1.88. The van der Waals surface area contributed by atoms with Crippen LogP contribution in [0, 0.1) is 5.92 Å². The van der Waals surface area contributed by atoms with Crippen LogP contribution in [0.4, 0.5) is 0 Å². The average molecular weight is 300 g/mol. The number of halogens is 1. The first-order chi connectivity index (χ1) is 9.71. The summed E-state index contributed by atoms with van der Waals surface area (Å²) < 4.78 is 16.1. The van der Waals surface area contributed by atoms with Gasteiger partial charge in [-0.15, -0.1) is 0 Å². The summed E-state index contributed by atoms with van der Waals surface area (Å²) in [7, 11) is 5.22. The molecule has 1 N–H and O–H groups in total. The second-order valence-electron chi connectivity index (χ2n) is 4.94. The molecule has 1 aliphatic heterocycles. The highest BCUT2D eigenvalue weighted by atomic mass is 35.5. The summed E-state index contributed by atoms with van der Waals surface area (Å²) in [5.41, 5.74) is 1.05. The number of rotatable bonds is 5. The molecule has 1 heterocycles. The summed E-state index contributed by atoms with van der Waals surface area (Å²) in [6, 6.07) is 3.99. The molecule has 0 amide bonds. The van der Waals surface area contributed by atoms with Crippen molar-refractivity contribution in [3.63, 3.8) is 0 Å². The monoisotopic (exact) mass is 299 g/mol. The van der Waals surface area contributed by atoms with E-state index >= 15 is 0 Å². The van der Waals surface area contributed by atoms with Crippen LogP contribution in [0.15, 0.2) is 12.1 Å². The van der Waals surface area contributed by atoms with Crippen LogP contribution in [0.1, 0.15) is 24.4 Å². The highest BCUT2D eigenvalue weighted by molar-refractivity contribution is 6.31. The lowest BCUT2D eigenvalue weighted by Gasteiger charge is -2.31. The fraction of sp³-hybridized carbons (Fsp3) is 0.600. The van der Waals surface area contributed by atoms with Crippen LogP contribution >= 0.6 is 11.6 Å². The van der Waals surface area contributed by atoms with Crippen molar-refractivity contribution in [2.45, 2.75) is 18.9 Å². The summed E-state index contributed by atoms with van der Waals surface area (Å²) in [6.45, 7) is 1.63. The molecule has 0 radical (unpaired) electrons. The first-order valence-corrected chi connectivity index (χ1v) is 7.25. The second-order valence-corrected chi connectivity index (χ2v) is 5.35. The second kappa shape index (κ2) is 7.16. The van der Waals surface area contributed by atoms with Crippen LogP contribution in [-0.4, -0.2) is 34.5 Å². The van der Waals surface area contributed by atoms with Crippen molar-refractivity contribution in [2.24, 2.45) is 5.92 Å². The lowest BCUT2D eigenvalue weighted by molar-refractivity contribution is 0.0546. The molecule has 1 fully saturated rings. The summed E-state index contributed by atoms with van der Waals surface area (Å²) in [5, 5.41) is 4.08. The van der Waals surface area contributed by atoms with Crippen LogP contribution in [0.5, 0.6) is 11.5 Å². The van der Waals surface area contributed by atoms with E-state index in [0.29, 0.717) is 22.4 Å². The third kappa shape index (κ3) is 3.19. The maximum Gasteiger partial charge on any atom is 0.162 e. The van der Waals surface area contributed by atoms with Crippen molar-refractivity contribution in [1.29, 1.82) is 0 Å². The van der Waals surface area contributed by atoms with Crippen molar-refractivity contribution in [2.75, 3.05) is 34.5 Å². The van der Waals surface area contributed by atoms with E-state index in [4.69, 9.17) is 25.8 Å². The van der Waals surface area contributed by atoms with Crippen LogP contribution in [-0.2, 0) is 4.74 Å². The van der Waals surface area contributed by atoms with Gasteiger partial charge in [-0.2, -0.15) is 0 Å². The Bertz CT molecular complexity index is 447. The van der Waals surface area contributed by atoms with E-state index in [-0.39, 0.29) is 6.04 Å². The molecule has 0 bridgehead atoms. The molecule has 1 saturated heterocycles. The molecule has 112 valence electrons.